The first-order valence-corrected chi connectivity index (χ1v) is 10.4. The van der Waals surface area contributed by atoms with Crippen LogP contribution in [0.25, 0.3) is 0 Å². The van der Waals surface area contributed by atoms with Gasteiger partial charge in [0.2, 0.25) is 15.9 Å². The number of sulfonamides is 1. The molecule has 0 bridgehead atoms. The zero-order chi connectivity index (χ0) is 19.3. The van der Waals surface area contributed by atoms with E-state index in [1.54, 1.807) is 19.9 Å². The second-order valence-corrected chi connectivity index (χ2v) is 8.51. The van der Waals surface area contributed by atoms with E-state index in [9.17, 15) is 18.0 Å². The van der Waals surface area contributed by atoms with Crippen molar-refractivity contribution in [1.29, 1.82) is 0 Å². The molecule has 1 fully saturated rings. The second kappa shape index (κ2) is 8.64. The third-order valence-corrected chi connectivity index (χ3v) is 6.34. The number of hydrogen-bond donors (Lipinski definition) is 2. The smallest absolute Gasteiger partial charge is 0.252 e. The minimum Gasteiger partial charge on any atom is -0.354 e. The minimum atomic E-state index is -3.59. The molecule has 0 unspecified atom stereocenters. The van der Waals surface area contributed by atoms with Gasteiger partial charge in [0.15, 0.2) is 0 Å². The molecule has 1 aliphatic rings. The fourth-order valence-corrected chi connectivity index (χ4v) is 4.37. The lowest BCUT2D eigenvalue weighted by Gasteiger charge is -2.18. The lowest BCUT2D eigenvalue weighted by Crippen LogP contribution is -2.45. The van der Waals surface area contributed by atoms with Crippen molar-refractivity contribution in [2.75, 3.05) is 19.6 Å². The van der Waals surface area contributed by atoms with E-state index in [0.717, 1.165) is 19.3 Å². The zero-order valence-corrected chi connectivity index (χ0v) is 16.4. The van der Waals surface area contributed by atoms with Crippen molar-refractivity contribution in [2.45, 2.75) is 51.0 Å². The van der Waals surface area contributed by atoms with Crippen LogP contribution in [-0.4, -0.2) is 50.2 Å². The van der Waals surface area contributed by atoms with Crippen LogP contribution in [0.3, 0.4) is 0 Å². The number of aryl methyl sites for hydroxylation is 1. The Balaban J connectivity index is 2.18. The standard InChI is InChI=1S/C18H27N3O4S/c1-4-9-19-17(22)14(3)20-18(23)16-12-15(8-7-13(16)2)26(24,25)21-10-5-6-11-21/h7-8,12,14H,4-6,9-11H2,1-3H3,(H,19,22)(H,20,23)/t14-/m0/s1. The Morgan fingerprint density at radius 1 is 1.23 bits per heavy atom. The minimum absolute atomic E-state index is 0.109. The van der Waals surface area contributed by atoms with Crippen LogP contribution >= 0.6 is 0 Å². The van der Waals surface area contributed by atoms with Crippen LogP contribution in [0, 0.1) is 6.92 Å². The maximum atomic E-state index is 12.7. The third kappa shape index (κ3) is 4.62. The molecule has 0 radical (unpaired) electrons. The Bertz CT molecular complexity index is 771. The Morgan fingerprint density at radius 2 is 1.88 bits per heavy atom. The van der Waals surface area contributed by atoms with Crippen molar-refractivity contribution in [3.8, 4) is 0 Å². The SMILES string of the molecule is CCCNC(=O)[C@H](C)NC(=O)c1cc(S(=O)(=O)N2CCCC2)ccc1C. The van der Waals surface area contributed by atoms with Gasteiger partial charge in [-0.2, -0.15) is 4.31 Å². The van der Waals surface area contributed by atoms with Crippen LogP contribution in [0.5, 0.6) is 0 Å². The predicted octanol–water partition coefficient (Wildman–Crippen LogP) is 1.42. The first-order valence-electron chi connectivity index (χ1n) is 8.96. The fraction of sp³-hybridized carbons (Fsp3) is 0.556. The van der Waals surface area contributed by atoms with E-state index in [1.165, 1.54) is 16.4 Å². The van der Waals surface area contributed by atoms with Gasteiger partial charge >= 0.3 is 0 Å². The fourth-order valence-electron chi connectivity index (χ4n) is 2.82. The molecule has 2 N–H and O–H groups in total. The molecule has 0 spiro atoms. The highest BCUT2D eigenvalue weighted by Gasteiger charge is 2.28. The summed E-state index contributed by atoms with van der Waals surface area (Å²) < 4.78 is 26.8. The summed E-state index contributed by atoms with van der Waals surface area (Å²) in [5.74, 6) is -0.723. The van der Waals surface area contributed by atoms with Crippen molar-refractivity contribution in [1.82, 2.24) is 14.9 Å². The zero-order valence-electron chi connectivity index (χ0n) is 15.5. The molecule has 2 amide bonds. The van der Waals surface area contributed by atoms with Crippen molar-refractivity contribution in [3.05, 3.63) is 29.3 Å². The molecule has 7 nitrogen and oxygen atoms in total. The summed E-state index contributed by atoms with van der Waals surface area (Å²) in [4.78, 5) is 24.6. The van der Waals surface area contributed by atoms with Crippen molar-refractivity contribution in [3.63, 3.8) is 0 Å². The summed E-state index contributed by atoms with van der Waals surface area (Å²) in [6, 6.07) is 3.85. The molecule has 1 atom stereocenters. The first kappa shape index (κ1) is 20.4. The number of nitrogens with one attached hydrogen (secondary N) is 2. The van der Waals surface area contributed by atoms with Crippen LogP contribution in [0.4, 0.5) is 0 Å². The molecule has 8 heteroatoms. The number of carbonyl (C=O) groups is 2. The molecule has 1 aliphatic heterocycles. The molecule has 2 rings (SSSR count). The highest BCUT2D eigenvalue weighted by Crippen LogP contribution is 2.23. The van der Waals surface area contributed by atoms with Gasteiger partial charge in [-0.3, -0.25) is 9.59 Å². The Morgan fingerprint density at radius 3 is 2.50 bits per heavy atom. The van der Waals surface area contributed by atoms with Gasteiger partial charge in [0.05, 0.1) is 4.90 Å². The van der Waals surface area contributed by atoms with Gasteiger partial charge in [-0.05, 0) is 50.8 Å². The van der Waals surface area contributed by atoms with Gasteiger partial charge in [-0.15, -0.1) is 0 Å². The molecule has 1 aromatic carbocycles. The molecule has 1 heterocycles. The molecular weight excluding hydrogens is 354 g/mol. The molecular formula is C18H27N3O4S. The van der Waals surface area contributed by atoms with Crippen LogP contribution in [0.15, 0.2) is 23.1 Å². The number of hydrogen-bond acceptors (Lipinski definition) is 4. The molecule has 26 heavy (non-hydrogen) atoms. The summed E-state index contributed by atoms with van der Waals surface area (Å²) >= 11 is 0. The average molecular weight is 381 g/mol. The number of carbonyl (C=O) groups excluding carboxylic acids is 2. The van der Waals surface area contributed by atoms with E-state index in [4.69, 9.17) is 0 Å². The molecule has 0 saturated carbocycles. The maximum Gasteiger partial charge on any atom is 0.252 e. The van der Waals surface area contributed by atoms with Crippen molar-refractivity contribution < 1.29 is 18.0 Å². The molecule has 144 valence electrons. The highest BCUT2D eigenvalue weighted by molar-refractivity contribution is 7.89. The quantitative estimate of drug-likeness (QED) is 0.747. The van der Waals surface area contributed by atoms with E-state index in [-0.39, 0.29) is 16.4 Å². The maximum absolute atomic E-state index is 12.7. The third-order valence-electron chi connectivity index (χ3n) is 4.45. The Labute approximate surface area is 155 Å². The topological polar surface area (TPSA) is 95.6 Å². The summed E-state index contributed by atoms with van der Waals surface area (Å²) in [5, 5.41) is 5.35. The molecule has 1 aromatic rings. The average Bonchev–Trinajstić information content (AvgIpc) is 3.15. The van der Waals surface area contributed by atoms with Gasteiger partial charge in [-0.25, -0.2) is 8.42 Å². The van der Waals surface area contributed by atoms with E-state index >= 15 is 0 Å². The summed E-state index contributed by atoms with van der Waals surface area (Å²) in [5.41, 5.74) is 0.921. The van der Waals surface area contributed by atoms with Crippen molar-refractivity contribution >= 4 is 21.8 Å². The van der Waals surface area contributed by atoms with Crippen molar-refractivity contribution in [2.24, 2.45) is 0 Å². The summed E-state index contributed by atoms with van der Waals surface area (Å²) in [6.45, 7) is 6.84. The van der Waals surface area contributed by atoms with Gasteiger partial charge in [0, 0.05) is 25.2 Å². The monoisotopic (exact) mass is 381 g/mol. The molecule has 1 saturated heterocycles. The van der Waals surface area contributed by atoms with Gasteiger partial charge in [-0.1, -0.05) is 13.0 Å². The van der Waals surface area contributed by atoms with Crippen LogP contribution < -0.4 is 10.6 Å². The summed E-state index contributed by atoms with van der Waals surface area (Å²) in [6.07, 6.45) is 2.51. The number of amides is 2. The van der Waals surface area contributed by atoms with Gasteiger partial charge < -0.3 is 10.6 Å². The predicted molar refractivity (Wildman–Crippen MR) is 99.4 cm³/mol. The van der Waals surface area contributed by atoms with Gasteiger partial charge in [0.1, 0.15) is 6.04 Å². The van der Waals surface area contributed by atoms with Crippen LogP contribution in [0.2, 0.25) is 0 Å². The normalized spacial score (nSPS) is 16.3. The second-order valence-electron chi connectivity index (χ2n) is 6.57. The largest absolute Gasteiger partial charge is 0.354 e. The van der Waals surface area contributed by atoms with Gasteiger partial charge in [0.25, 0.3) is 5.91 Å². The molecule has 0 aromatic heterocycles. The highest BCUT2D eigenvalue weighted by atomic mass is 32.2. The van der Waals surface area contributed by atoms with E-state index in [1.807, 2.05) is 6.92 Å². The van der Waals surface area contributed by atoms with E-state index in [2.05, 4.69) is 10.6 Å². The van der Waals surface area contributed by atoms with E-state index in [0.29, 0.717) is 25.2 Å². The number of benzene rings is 1. The lowest BCUT2D eigenvalue weighted by atomic mass is 10.1. The lowest BCUT2D eigenvalue weighted by molar-refractivity contribution is -0.122. The van der Waals surface area contributed by atoms with Crippen LogP contribution in [0.1, 0.15) is 49.0 Å². The van der Waals surface area contributed by atoms with E-state index < -0.39 is 22.0 Å². The number of nitrogens with zero attached hydrogens (tertiary/aromatic N) is 1. The van der Waals surface area contributed by atoms with Crippen LogP contribution in [-0.2, 0) is 14.8 Å². The first-order chi connectivity index (χ1) is 12.3. The Kier molecular flexibility index (Phi) is 6.77. The Hall–Kier alpha value is -1.93. The molecule has 0 aliphatic carbocycles. The number of rotatable bonds is 7. The summed E-state index contributed by atoms with van der Waals surface area (Å²) in [7, 11) is -3.59.